The fourth-order valence-electron chi connectivity index (χ4n) is 4.76. The number of fused-ring (bicyclic) bond motifs is 1. The molecule has 4 heterocycles. The molecule has 5 aromatic rings. The summed E-state index contributed by atoms with van der Waals surface area (Å²) in [6.45, 7) is 2.63. The van der Waals surface area contributed by atoms with Crippen molar-refractivity contribution < 1.29 is 4.74 Å². The summed E-state index contributed by atoms with van der Waals surface area (Å²) in [5.74, 6) is 2.17. The summed E-state index contributed by atoms with van der Waals surface area (Å²) < 4.78 is 8.04. The predicted molar refractivity (Wildman–Crippen MR) is 137 cm³/mol. The maximum atomic E-state index is 6.23. The number of nitrogens with one attached hydrogen (secondary N) is 2. The summed E-state index contributed by atoms with van der Waals surface area (Å²) >= 11 is 0. The van der Waals surface area contributed by atoms with Gasteiger partial charge >= 0.3 is 0 Å². The Labute approximate surface area is 204 Å². The highest BCUT2D eigenvalue weighted by Gasteiger charge is 2.18. The van der Waals surface area contributed by atoms with Crippen LogP contribution in [0.5, 0.6) is 5.75 Å². The van der Waals surface area contributed by atoms with Crippen molar-refractivity contribution >= 4 is 11.2 Å². The first-order valence-electron chi connectivity index (χ1n) is 12.1. The van der Waals surface area contributed by atoms with E-state index in [-0.39, 0.29) is 0 Å². The molecule has 1 fully saturated rings. The Morgan fingerprint density at radius 2 is 1.86 bits per heavy atom. The minimum absolute atomic E-state index is 0.501. The van der Waals surface area contributed by atoms with Gasteiger partial charge in [0.2, 0.25) is 0 Å². The lowest BCUT2D eigenvalue weighted by Gasteiger charge is -2.22. The van der Waals surface area contributed by atoms with E-state index < -0.39 is 0 Å². The molecule has 0 saturated carbocycles. The first-order valence-corrected chi connectivity index (χ1v) is 12.1. The first-order chi connectivity index (χ1) is 17.2. The maximum absolute atomic E-state index is 6.23. The van der Waals surface area contributed by atoms with Crippen molar-refractivity contribution in [1.82, 2.24) is 30.0 Å². The number of hydrogen-bond donors (Lipinski definition) is 2. The number of H-pyrrole nitrogens is 1. The summed E-state index contributed by atoms with van der Waals surface area (Å²) in [5, 5.41) is 7.80. The molecule has 2 aromatic carbocycles. The molecular weight excluding hydrogens is 436 g/mol. The van der Waals surface area contributed by atoms with Crippen LogP contribution < -0.4 is 10.1 Å². The fourth-order valence-corrected chi connectivity index (χ4v) is 4.76. The van der Waals surface area contributed by atoms with Crippen LogP contribution in [0.4, 0.5) is 0 Å². The zero-order valence-electron chi connectivity index (χ0n) is 19.7. The number of rotatable bonds is 6. The number of benzene rings is 2. The molecule has 7 nitrogen and oxygen atoms in total. The largest absolute Gasteiger partial charge is 0.488 e. The van der Waals surface area contributed by atoms with Crippen molar-refractivity contribution in [3.63, 3.8) is 0 Å². The van der Waals surface area contributed by atoms with E-state index in [1.54, 1.807) is 4.68 Å². The van der Waals surface area contributed by atoms with Crippen molar-refractivity contribution in [3.05, 3.63) is 84.3 Å². The Bertz CT molecular complexity index is 1450. The summed E-state index contributed by atoms with van der Waals surface area (Å²) in [7, 11) is 1.92. The monoisotopic (exact) mass is 464 g/mol. The van der Waals surface area contributed by atoms with Crippen LogP contribution in [0.3, 0.4) is 0 Å². The molecule has 35 heavy (non-hydrogen) atoms. The third kappa shape index (κ3) is 4.55. The number of aromatic amines is 1. The van der Waals surface area contributed by atoms with Crippen molar-refractivity contribution in [2.24, 2.45) is 7.05 Å². The van der Waals surface area contributed by atoms with Gasteiger partial charge in [-0.3, -0.25) is 4.68 Å². The zero-order chi connectivity index (χ0) is 23.6. The highest BCUT2D eigenvalue weighted by molar-refractivity contribution is 5.80. The number of hydrogen-bond acceptors (Lipinski definition) is 5. The van der Waals surface area contributed by atoms with Gasteiger partial charge in [0.05, 0.1) is 11.7 Å². The highest BCUT2D eigenvalue weighted by Crippen LogP contribution is 2.35. The average Bonchev–Trinajstić information content (AvgIpc) is 3.54. The van der Waals surface area contributed by atoms with Gasteiger partial charge in [-0.15, -0.1) is 0 Å². The van der Waals surface area contributed by atoms with Crippen molar-refractivity contribution in [2.75, 3.05) is 13.1 Å². The zero-order valence-corrected chi connectivity index (χ0v) is 19.7. The number of pyridine rings is 1. The van der Waals surface area contributed by atoms with Gasteiger partial charge in [-0.05, 0) is 67.2 Å². The summed E-state index contributed by atoms with van der Waals surface area (Å²) in [5.41, 5.74) is 7.09. The van der Waals surface area contributed by atoms with Crippen LogP contribution in [0.2, 0.25) is 0 Å². The van der Waals surface area contributed by atoms with Crippen molar-refractivity contribution in [1.29, 1.82) is 0 Å². The normalized spacial score (nSPS) is 14.4. The quantitative estimate of drug-likeness (QED) is 0.367. The van der Waals surface area contributed by atoms with E-state index >= 15 is 0 Å². The molecule has 2 N–H and O–H groups in total. The van der Waals surface area contributed by atoms with Crippen LogP contribution in [0, 0.1) is 0 Å². The second kappa shape index (κ2) is 9.35. The van der Waals surface area contributed by atoms with Crippen LogP contribution >= 0.6 is 0 Å². The lowest BCUT2D eigenvalue weighted by molar-refractivity contribution is 0.307. The molecular formula is C28H28N6O. The number of piperidine rings is 1. The van der Waals surface area contributed by atoms with Crippen LogP contribution in [-0.4, -0.2) is 37.8 Å². The molecule has 1 aliphatic heterocycles. The third-order valence-electron chi connectivity index (χ3n) is 6.68. The van der Waals surface area contributed by atoms with Gasteiger partial charge in [0.15, 0.2) is 5.65 Å². The van der Waals surface area contributed by atoms with Gasteiger partial charge in [-0.25, -0.2) is 9.97 Å². The Kier molecular flexibility index (Phi) is 5.76. The second-order valence-corrected chi connectivity index (χ2v) is 9.14. The topological polar surface area (TPSA) is 80.7 Å². The highest BCUT2D eigenvalue weighted by atomic mass is 16.5. The number of nitrogens with zero attached hydrogens (tertiary/aromatic N) is 4. The summed E-state index contributed by atoms with van der Waals surface area (Å²) in [6, 6.07) is 18.6. The molecule has 0 spiro atoms. The van der Waals surface area contributed by atoms with Gasteiger partial charge in [0, 0.05) is 36.1 Å². The van der Waals surface area contributed by atoms with Gasteiger partial charge < -0.3 is 15.0 Å². The van der Waals surface area contributed by atoms with Gasteiger partial charge in [0.1, 0.15) is 18.2 Å². The summed E-state index contributed by atoms with van der Waals surface area (Å²) in [4.78, 5) is 13.0. The Hall–Kier alpha value is -3.97. The van der Waals surface area contributed by atoms with Gasteiger partial charge in [0.25, 0.3) is 0 Å². The molecule has 176 valence electrons. The Balaban J connectivity index is 1.33. The van der Waals surface area contributed by atoms with E-state index in [1.165, 1.54) is 5.56 Å². The van der Waals surface area contributed by atoms with E-state index in [4.69, 9.17) is 9.72 Å². The predicted octanol–water partition coefficient (Wildman–Crippen LogP) is 5.07. The SMILES string of the molecule is Cn1cc(-c2cc(-c3nc4ncc(C5CCNCC5)cc4[nH]3)ccc2OCc2ccccc2)cn1. The Morgan fingerprint density at radius 3 is 2.66 bits per heavy atom. The molecule has 0 amide bonds. The molecule has 1 aliphatic rings. The van der Waals surface area contributed by atoms with E-state index in [1.807, 2.05) is 56.0 Å². The van der Waals surface area contributed by atoms with Crippen LogP contribution in [0.1, 0.15) is 29.9 Å². The van der Waals surface area contributed by atoms with E-state index in [9.17, 15) is 0 Å². The van der Waals surface area contributed by atoms with Gasteiger partial charge in [-0.1, -0.05) is 30.3 Å². The molecule has 0 atom stereocenters. The first kappa shape index (κ1) is 21.6. The number of ether oxygens (including phenoxy) is 1. The molecule has 1 saturated heterocycles. The molecule has 3 aromatic heterocycles. The van der Waals surface area contributed by atoms with Gasteiger partial charge in [-0.2, -0.15) is 5.10 Å². The lowest BCUT2D eigenvalue weighted by atomic mass is 9.91. The number of imidazole rings is 1. The lowest BCUT2D eigenvalue weighted by Crippen LogP contribution is -2.26. The fraction of sp³-hybridized carbons (Fsp3) is 0.250. The van der Waals surface area contributed by atoms with E-state index in [0.29, 0.717) is 12.5 Å². The molecule has 0 aliphatic carbocycles. The van der Waals surface area contributed by atoms with Crippen LogP contribution in [-0.2, 0) is 13.7 Å². The summed E-state index contributed by atoms with van der Waals surface area (Å²) in [6.07, 6.45) is 8.14. The number of aromatic nitrogens is 5. The molecule has 6 rings (SSSR count). The minimum Gasteiger partial charge on any atom is -0.488 e. The van der Waals surface area contributed by atoms with E-state index in [0.717, 1.165) is 70.9 Å². The van der Waals surface area contributed by atoms with E-state index in [2.05, 4.69) is 44.6 Å². The molecule has 0 unspecified atom stereocenters. The smallest absolute Gasteiger partial charge is 0.178 e. The van der Waals surface area contributed by atoms with Crippen LogP contribution in [0.25, 0.3) is 33.7 Å². The second-order valence-electron chi connectivity index (χ2n) is 9.14. The third-order valence-corrected chi connectivity index (χ3v) is 6.68. The van der Waals surface area contributed by atoms with Crippen molar-refractivity contribution in [3.8, 4) is 28.3 Å². The van der Waals surface area contributed by atoms with Crippen molar-refractivity contribution in [2.45, 2.75) is 25.4 Å². The molecule has 0 bridgehead atoms. The minimum atomic E-state index is 0.501. The number of aryl methyl sites for hydroxylation is 1. The Morgan fingerprint density at radius 1 is 1.00 bits per heavy atom. The average molecular weight is 465 g/mol. The maximum Gasteiger partial charge on any atom is 0.178 e. The molecule has 0 radical (unpaired) electrons. The standard InChI is InChI=1S/C28H28N6O/c1-34-17-23(16-31-34)24-13-21(7-8-26(24)35-18-19-5-3-2-4-6-19)27-32-25-14-22(15-30-28(25)33-27)20-9-11-29-12-10-20/h2-8,13-17,20,29H,9-12,18H2,1H3,(H,30,32,33). The van der Waals surface area contributed by atoms with Crippen LogP contribution in [0.15, 0.2) is 73.2 Å². The molecule has 7 heteroatoms.